The van der Waals surface area contributed by atoms with E-state index in [1.54, 1.807) is 11.9 Å². The monoisotopic (exact) mass is 298 g/mol. The molecule has 1 aliphatic carbocycles. The van der Waals surface area contributed by atoms with Crippen LogP contribution in [0.1, 0.15) is 51.5 Å². The summed E-state index contributed by atoms with van der Waals surface area (Å²) in [7, 11) is 4.08. The van der Waals surface area contributed by atoms with E-state index in [0.29, 0.717) is 0 Å². The van der Waals surface area contributed by atoms with Crippen molar-refractivity contribution in [3.8, 4) is 0 Å². The van der Waals surface area contributed by atoms with Gasteiger partial charge in [-0.3, -0.25) is 4.90 Å². The Balaban J connectivity index is 1.72. The highest BCUT2D eigenvalue weighted by molar-refractivity contribution is 6.56. The van der Waals surface area contributed by atoms with E-state index in [9.17, 15) is 4.79 Å². The summed E-state index contributed by atoms with van der Waals surface area (Å²) in [5.41, 5.74) is 3.69. The lowest BCUT2D eigenvalue weighted by molar-refractivity contribution is 0.0818. The zero-order valence-electron chi connectivity index (χ0n) is 13.9. The smallest absolute Gasteiger partial charge is 0.414 e. The van der Waals surface area contributed by atoms with Crippen molar-refractivity contribution in [2.75, 3.05) is 11.9 Å². The van der Waals surface area contributed by atoms with E-state index in [0.717, 1.165) is 24.8 Å². The molecule has 3 nitrogen and oxygen atoms in total. The molecular formula is C18H25BNO2. The second-order valence-corrected chi connectivity index (χ2v) is 7.27. The lowest BCUT2D eigenvalue weighted by Gasteiger charge is -2.26. The number of carbonyl (C=O) groups excluding carboxylic acids is 1. The van der Waals surface area contributed by atoms with Crippen LogP contribution in [0.15, 0.2) is 18.2 Å². The fourth-order valence-corrected chi connectivity index (χ4v) is 3.50. The number of anilines is 1. The van der Waals surface area contributed by atoms with Crippen molar-refractivity contribution in [1.82, 2.24) is 0 Å². The normalized spacial score (nSPS) is 20.1. The van der Waals surface area contributed by atoms with Crippen LogP contribution >= 0.6 is 0 Å². The molecule has 1 saturated carbocycles. The Bertz CT molecular complexity index is 564. The highest BCUT2D eigenvalue weighted by atomic mass is 16.6. The van der Waals surface area contributed by atoms with Crippen molar-refractivity contribution in [2.45, 2.75) is 63.8 Å². The average Bonchev–Trinajstić information content (AvgIpc) is 2.82. The molecule has 3 rings (SSSR count). The van der Waals surface area contributed by atoms with Crippen LogP contribution in [-0.4, -0.2) is 26.5 Å². The van der Waals surface area contributed by atoms with Crippen LogP contribution in [0.5, 0.6) is 0 Å². The molecule has 4 heteroatoms. The van der Waals surface area contributed by atoms with E-state index in [4.69, 9.17) is 4.74 Å². The third-order valence-corrected chi connectivity index (χ3v) is 5.08. The summed E-state index contributed by atoms with van der Waals surface area (Å²) in [6.07, 6.45) is 6.55. The largest absolute Gasteiger partial charge is 0.446 e. The number of fused-ring (bicyclic) bond motifs is 1. The van der Waals surface area contributed by atoms with Gasteiger partial charge in [-0.05, 0) is 48.8 Å². The second kappa shape index (κ2) is 5.98. The molecule has 22 heavy (non-hydrogen) atoms. The molecule has 1 fully saturated rings. The number of hydrogen-bond donors (Lipinski definition) is 0. The summed E-state index contributed by atoms with van der Waals surface area (Å²) in [4.78, 5) is 14.0. The molecule has 1 radical (unpaired) electrons. The quantitative estimate of drug-likeness (QED) is 0.780. The van der Waals surface area contributed by atoms with Gasteiger partial charge in [0.05, 0.1) is 0 Å². The Morgan fingerprint density at radius 1 is 1.27 bits per heavy atom. The van der Waals surface area contributed by atoms with Gasteiger partial charge in [0.25, 0.3) is 0 Å². The van der Waals surface area contributed by atoms with Gasteiger partial charge in [-0.1, -0.05) is 38.1 Å². The molecule has 1 aromatic carbocycles. The summed E-state index contributed by atoms with van der Waals surface area (Å²) >= 11 is 0. The number of hydrogen-bond acceptors (Lipinski definition) is 2. The Labute approximate surface area is 134 Å². The highest BCUT2D eigenvalue weighted by Gasteiger charge is 2.31. The van der Waals surface area contributed by atoms with Gasteiger partial charge in [0.15, 0.2) is 7.28 Å². The summed E-state index contributed by atoms with van der Waals surface area (Å²) < 4.78 is 5.66. The van der Waals surface area contributed by atoms with E-state index in [1.807, 2.05) is 6.07 Å². The summed E-state index contributed by atoms with van der Waals surface area (Å²) in [5, 5.41) is 0. The number of carbonyl (C=O) groups is 1. The first-order valence-electron chi connectivity index (χ1n) is 8.39. The van der Waals surface area contributed by atoms with Gasteiger partial charge in [-0.25, -0.2) is 4.79 Å². The van der Waals surface area contributed by atoms with Crippen molar-refractivity contribution in [1.29, 1.82) is 0 Å². The lowest BCUT2D eigenvalue weighted by Crippen LogP contribution is -2.32. The van der Waals surface area contributed by atoms with Crippen LogP contribution in [-0.2, 0) is 10.2 Å². The Kier molecular flexibility index (Phi) is 4.20. The molecule has 1 amide bonds. The van der Waals surface area contributed by atoms with Crippen LogP contribution in [0.25, 0.3) is 0 Å². The van der Waals surface area contributed by atoms with Crippen LogP contribution in [0.4, 0.5) is 10.5 Å². The van der Waals surface area contributed by atoms with E-state index in [-0.39, 0.29) is 17.6 Å². The molecule has 0 saturated heterocycles. The molecule has 1 aliphatic heterocycles. The fraction of sp³-hybridized carbons (Fsp3) is 0.611. The minimum atomic E-state index is -0.230. The van der Waals surface area contributed by atoms with Crippen LogP contribution in [0.2, 0.25) is 6.32 Å². The lowest BCUT2D eigenvalue weighted by atomic mass is 9.69. The van der Waals surface area contributed by atoms with Crippen LogP contribution in [0.3, 0.4) is 0 Å². The van der Waals surface area contributed by atoms with Crippen molar-refractivity contribution in [2.24, 2.45) is 0 Å². The first kappa shape index (κ1) is 15.5. The van der Waals surface area contributed by atoms with Gasteiger partial charge in [0, 0.05) is 12.7 Å². The summed E-state index contributed by atoms with van der Waals surface area (Å²) in [5.74, 6) is 0. The maximum atomic E-state index is 12.4. The third-order valence-electron chi connectivity index (χ3n) is 5.08. The van der Waals surface area contributed by atoms with Crippen molar-refractivity contribution in [3.63, 3.8) is 0 Å². The van der Waals surface area contributed by atoms with Gasteiger partial charge in [-0.2, -0.15) is 0 Å². The summed E-state index contributed by atoms with van der Waals surface area (Å²) in [6.45, 7) is 4.50. The van der Waals surface area contributed by atoms with Gasteiger partial charge in [-0.15, -0.1) is 0 Å². The van der Waals surface area contributed by atoms with Crippen molar-refractivity contribution >= 4 is 24.5 Å². The maximum absolute atomic E-state index is 12.4. The van der Waals surface area contributed by atoms with E-state index in [1.165, 1.54) is 30.3 Å². The first-order chi connectivity index (χ1) is 10.5. The van der Waals surface area contributed by atoms with Gasteiger partial charge < -0.3 is 4.74 Å². The number of rotatable bonds is 2. The Hall–Kier alpha value is -1.45. The molecule has 0 bridgehead atoms. The maximum Gasteiger partial charge on any atom is 0.414 e. The predicted octanol–water partition coefficient (Wildman–Crippen LogP) is 3.63. The number of benzene rings is 1. The topological polar surface area (TPSA) is 29.5 Å². The molecule has 0 aromatic heterocycles. The van der Waals surface area contributed by atoms with E-state index >= 15 is 0 Å². The van der Waals surface area contributed by atoms with Crippen LogP contribution in [0, 0.1) is 0 Å². The average molecular weight is 298 g/mol. The fourth-order valence-electron chi connectivity index (χ4n) is 3.50. The van der Waals surface area contributed by atoms with Crippen LogP contribution < -0.4 is 10.4 Å². The Morgan fingerprint density at radius 2 is 2.00 bits per heavy atom. The molecule has 0 spiro atoms. The van der Waals surface area contributed by atoms with E-state index in [2.05, 4.69) is 33.3 Å². The summed E-state index contributed by atoms with van der Waals surface area (Å²) in [6, 6.07) is 6.27. The Morgan fingerprint density at radius 3 is 2.73 bits per heavy atom. The number of nitrogens with zero attached hydrogens (tertiary/aromatic N) is 1. The minimum Gasteiger partial charge on any atom is -0.446 e. The number of amides is 1. The predicted molar refractivity (Wildman–Crippen MR) is 91.4 cm³/mol. The second-order valence-electron chi connectivity index (χ2n) is 7.27. The van der Waals surface area contributed by atoms with Crippen molar-refractivity contribution < 1.29 is 9.53 Å². The molecule has 1 heterocycles. The van der Waals surface area contributed by atoms with Gasteiger partial charge in [0.1, 0.15) is 6.10 Å². The molecular weight excluding hydrogens is 273 g/mol. The molecule has 0 N–H and O–H groups in total. The third kappa shape index (κ3) is 3.01. The molecule has 2 aliphatic rings. The first-order valence-corrected chi connectivity index (χ1v) is 8.39. The highest BCUT2D eigenvalue weighted by Crippen LogP contribution is 2.33. The van der Waals surface area contributed by atoms with E-state index < -0.39 is 0 Å². The standard InChI is InChI=1S/C18H25BNO2/c1-18(2)12-19-16-10-9-13(11-15(16)18)20(3)17(21)22-14-7-5-4-6-8-14/h9-11,14H,4-8,12H2,1-3H3. The SMILES string of the molecule is CN(C(=O)OC1CCCCC1)c1ccc2c(c1)C(C)(C)C[B]2. The van der Waals surface area contributed by atoms with Gasteiger partial charge >= 0.3 is 6.09 Å². The van der Waals surface area contributed by atoms with Crippen molar-refractivity contribution in [3.05, 3.63) is 23.8 Å². The molecule has 0 atom stereocenters. The van der Waals surface area contributed by atoms with Gasteiger partial charge in [0.2, 0.25) is 0 Å². The molecule has 117 valence electrons. The minimum absolute atomic E-state index is 0.0999. The number of ether oxygens (including phenoxy) is 1. The zero-order chi connectivity index (χ0) is 15.7. The molecule has 1 aromatic rings. The molecule has 0 unspecified atom stereocenters. The zero-order valence-corrected chi connectivity index (χ0v) is 13.9.